The molecule has 0 spiro atoms. The number of hydrogen-bond donors (Lipinski definition) is 5. The minimum Gasteiger partial charge on any atom is -0.357 e. The van der Waals surface area contributed by atoms with Crippen molar-refractivity contribution in [3.05, 3.63) is 30.3 Å². The third-order valence-corrected chi connectivity index (χ3v) is 3.50. The van der Waals surface area contributed by atoms with Crippen LogP contribution >= 0.6 is 0 Å². The quantitative estimate of drug-likeness (QED) is 0.212. The second-order valence-electron chi connectivity index (χ2n) is 5.68. The zero-order valence-corrected chi connectivity index (χ0v) is 15.5. The highest BCUT2D eigenvalue weighted by Gasteiger charge is 2.17. The Morgan fingerprint density at radius 1 is 1.15 bits per heavy atom. The fourth-order valence-electron chi connectivity index (χ4n) is 2.25. The van der Waals surface area contributed by atoms with Crippen molar-refractivity contribution in [2.75, 3.05) is 18.9 Å². The molecule has 0 aliphatic rings. The molecule has 0 aliphatic carbocycles. The minimum atomic E-state index is -0.593. The molecular weight excluding hydrogens is 352 g/mol. The van der Waals surface area contributed by atoms with Crippen LogP contribution in [0.25, 0.3) is 0 Å². The first kappa shape index (κ1) is 21.9. The summed E-state index contributed by atoms with van der Waals surface area (Å²) in [5.74, 6) is -0.533. The first-order chi connectivity index (χ1) is 13.0. The van der Waals surface area contributed by atoms with Crippen molar-refractivity contribution in [2.45, 2.75) is 32.2 Å². The number of hydrazine groups is 2. The predicted molar refractivity (Wildman–Crippen MR) is 100 cm³/mol. The molecule has 0 heterocycles. The lowest BCUT2D eigenvalue weighted by Crippen LogP contribution is -2.51. The van der Waals surface area contributed by atoms with Crippen LogP contribution < -0.4 is 26.8 Å². The maximum absolute atomic E-state index is 11.8. The average Bonchev–Trinajstić information content (AvgIpc) is 2.65. The highest BCUT2D eigenvalue weighted by atomic mass is 16.2. The number of carbonyl (C=O) groups excluding carboxylic acids is 4. The van der Waals surface area contributed by atoms with Gasteiger partial charge in [0.25, 0.3) is 0 Å². The number of urea groups is 1. The number of rotatable bonds is 11. The third-order valence-electron chi connectivity index (χ3n) is 3.50. The summed E-state index contributed by atoms with van der Waals surface area (Å²) in [5, 5.41) is 8.59. The van der Waals surface area contributed by atoms with Gasteiger partial charge in [-0.15, -0.1) is 0 Å². The van der Waals surface area contributed by atoms with Gasteiger partial charge in [-0.05, 0) is 31.4 Å². The molecule has 0 saturated heterocycles. The highest BCUT2D eigenvalue weighted by Crippen LogP contribution is 2.04. The summed E-state index contributed by atoms with van der Waals surface area (Å²) in [6.07, 6.45) is 2.16. The second kappa shape index (κ2) is 12.3. The Balaban J connectivity index is 2.29. The molecule has 10 nitrogen and oxygen atoms in total. The third kappa shape index (κ3) is 9.21. The molecule has 1 aromatic rings. The molecular formula is C17H26N6O4. The molecule has 1 aromatic carbocycles. The molecule has 0 aromatic heterocycles. The van der Waals surface area contributed by atoms with Crippen molar-refractivity contribution in [2.24, 2.45) is 0 Å². The summed E-state index contributed by atoms with van der Waals surface area (Å²) in [4.78, 5) is 45.7. The van der Waals surface area contributed by atoms with E-state index in [0.717, 1.165) is 5.12 Å². The minimum absolute atomic E-state index is 0.257. The summed E-state index contributed by atoms with van der Waals surface area (Å²) in [6.45, 7) is 1.75. The van der Waals surface area contributed by atoms with Crippen molar-refractivity contribution in [3.8, 4) is 0 Å². The fourth-order valence-corrected chi connectivity index (χ4v) is 2.25. The molecule has 1 atom stereocenters. The Bertz CT molecular complexity index is 625. The van der Waals surface area contributed by atoms with E-state index >= 15 is 0 Å². The van der Waals surface area contributed by atoms with Crippen LogP contribution in [-0.2, 0) is 14.4 Å². The van der Waals surface area contributed by atoms with Gasteiger partial charge in [-0.3, -0.25) is 14.4 Å². The maximum atomic E-state index is 11.8. The van der Waals surface area contributed by atoms with Gasteiger partial charge in [0.1, 0.15) is 6.04 Å². The van der Waals surface area contributed by atoms with Crippen LogP contribution in [0.15, 0.2) is 30.3 Å². The van der Waals surface area contributed by atoms with Crippen LogP contribution in [0.4, 0.5) is 10.5 Å². The van der Waals surface area contributed by atoms with E-state index < -0.39 is 12.1 Å². The number of para-hydroxylation sites is 1. The summed E-state index contributed by atoms with van der Waals surface area (Å²) < 4.78 is 0. The summed E-state index contributed by atoms with van der Waals surface area (Å²) in [6, 6.07) is 7.65. The van der Waals surface area contributed by atoms with Crippen LogP contribution in [0, 0.1) is 0 Å². The first-order valence-electron chi connectivity index (χ1n) is 8.55. The number of likely N-dealkylation sites (N-methyl/N-ethyl adjacent to an activating group) is 1. The number of amides is 5. The van der Waals surface area contributed by atoms with Gasteiger partial charge >= 0.3 is 6.03 Å². The van der Waals surface area contributed by atoms with Crippen molar-refractivity contribution >= 4 is 29.9 Å². The van der Waals surface area contributed by atoms with E-state index in [0.29, 0.717) is 37.9 Å². The molecule has 0 aliphatic heterocycles. The monoisotopic (exact) mass is 378 g/mol. The standard InChI is InChI=1S/C17H26N6O4/c1-13(25)20-15(16(26)18-2)10-6-7-11-19-23(12-24)22-17(27)21-14-8-4-3-5-9-14/h3-5,8-9,12,15,19H,6-7,10-11H2,1-2H3,(H,18,26)(H,20,25)(H2,21,22,27)/t15-/m0/s1. The van der Waals surface area contributed by atoms with Crippen LogP contribution in [0.5, 0.6) is 0 Å². The summed E-state index contributed by atoms with van der Waals surface area (Å²) in [5.41, 5.74) is 5.70. The van der Waals surface area contributed by atoms with Gasteiger partial charge in [0.15, 0.2) is 0 Å². The van der Waals surface area contributed by atoms with E-state index in [1.54, 1.807) is 24.3 Å². The molecule has 148 valence electrons. The Labute approximate surface area is 158 Å². The number of unbranched alkanes of at least 4 members (excludes halogenated alkanes) is 1. The van der Waals surface area contributed by atoms with Crippen molar-refractivity contribution in [1.29, 1.82) is 0 Å². The van der Waals surface area contributed by atoms with E-state index in [1.165, 1.54) is 14.0 Å². The molecule has 0 saturated carbocycles. The van der Waals surface area contributed by atoms with Crippen molar-refractivity contribution < 1.29 is 19.2 Å². The van der Waals surface area contributed by atoms with Gasteiger partial charge in [-0.2, -0.15) is 5.12 Å². The number of nitrogens with zero attached hydrogens (tertiary/aromatic N) is 1. The number of nitrogens with one attached hydrogen (secondary N) is 5. The van der Waals surface area contributed by atoms with E-state index in [2.05, 4.69) is 26.8 Å². The largest absolute Gasteiger partial charge is 0.357 e. The maximum Gasteiger partial charge on any atom is 0.339 e. The van der Waals surface area contributed by atoms with Gasteiger partial charge < -0.3 is 16.0 Å². The number of carbonyl (C=O) groups is 4. The topological polar surface area (TPSA) is 132 Å². The Hall–Kier alpha value is -3.14. The lowest BCUT2D eigenvalue weighted by atomic mass is 10.1. The number of hydrogen-bond acceptors (Lipinski definition) is 5. The molecule has 27 heavy (non-hydrogen) atoms. The average molecular weight is 378 g/mol. The summed E-state index contributed by atoms with van der Waals surface area (Å²) >= 11 is 0. The smallest absolute Gasteiger partial charge is 0.339 e. The number of benzene rings is 1. The zero-order valence-electron chi connectivity index (χ0n) is 15.5. The van der Waals surface area contributed by atoms with Gasteiger partial charge in [-0.25, -0.2) is 15.6 Å². The Morgan fingerprint density at radius 2 is 1.85 bits per heavy atom. The van der Waals surface area contributed by atoms with Crippen LogP contribution in [-0.4, -0.2) is 49.0 Å². The van der Waals surface area contributed by atoms with Crippen LogP contribution in [0.2, 0.25) is 0 Å². The molecule has 1 rings (SSSR count). The van der Waals surface area contributed by atoms with E-state index in [4.69, 9.17) is 0 Å². The molecule has 0 fully saturated rings. The fraction of sp³-hybridized carbons (Fsp3) is 0.412. The predicted octanol–water partition coefficient (Wildman–Crippen LogP) is 0.107. The molecule has 5 N–H and O–H groups in total. The molecule has 0 radical (unpaired) electrons. The molecule has 5 amide bonds. The molecule has 0 unspecified atom stereocenters. The zero-order chi connectivity index (χ0) is 20.1. The van der Waals surface area contributed by atoms with Crippen LogP contribution in [0.3, 0.4) is 0 Å². The highest BCUT2D eigenvalue weighted by molar-refractivity contribution is 5.89. The van der Waals surface area contributed by atoms with E-state index in [1.807, 2.05) is 6.07 Å². The van der Waals surface area contributed by atoms with Gasteiger partial charge in [0.2, 0.25) is 18.2 Å². The Morgan fingerprint density at radius 3 is 2.44 bits per heavy atom. The molecule has 0 bridgehead atoms. The molecule has 10 heteroatoms. The summed E-state index contributed by atoms with van der Waals surface area (Å²) in [7, 11) is 1.51. The SMILES string of the molecule is CNC(=O)[C@H](CCCCNN(C=O)NC(=O)Nc1ccccc1)NC(C)=O. The first-order valence-corrected chi connectivity index (χ1v) is 8.55. The van der Waals surface area contributed by atoms with Gasteiger partial charge in [-0.1, -0.05) is 18.2 Å². The normalized spacial score (nSPS) is 11.0. The number of anilines is 1. The lowest BCUT2D eigenvalue weighted by Gasteiger charge is -2.20. The second-order valence-corrected chi connectivity index (χ2v) is 5.68. The van der Waals surface area contributed by atoms with Crippen molar-refractivity contribution in [1.82, 2.24) is 26.6 Å². The van der Waals surface area contributed by atoms with Crippen molar-refractivity contribution in [3.63, 3.8) is 0 Å². The van der Waals surface area contributed by atoms with Gasteiger partial charge in [0.05, 0.1) is 0 Å². The van der Waals surface area contributed by atoms with E-state index in [9.17, 15) is 19.2 Å². The van der Waals surface area contributed by atoms with Gasteiger partial charge in [0, 0.05) is 26.2 Å². The lowest BCUT2D eigenvalue weighted by molar-refractivity contribution is -0.127. The van der Waals surface area contributed by atoms with E-state index in [-0.39, 0.29) is 11.8 Å². The Kier molecular flexibility index (Phi) is 9.94. The van der Waals surface area contributed by atoms with Crippen LogP contribution in [0.1, 0.15) is 26.2 Å².